The van der Waals surface area contributed by atoms with Gasteiger partial charge in [0, 0.05) is 11.1 Å². The maximum Gasteiger partial charge on any atom is 0.325 e. The Bertz CT molecular complexity index is 975. The number of carbonyl (C=O) groups is 3. The predicted molar refractivity (Wildman–Crippen MR) is 98.6 cm³/mol. The molecular weight excluding hydrogens is 344 g/mol. The van der Waals surface area contributed by atoms with Gasteiger partial charge in [-0.2, -0.15) is 0 Å². The van der Waals surface area contributed by atoms with Gasteiger partial charge in [-0.3, -0.25) is 14.5 Å². The molecular formula is C21H22N2O4. The molecule has 1 atom stereocenters. The summed E-state index contributed by atoms with van der Waals surface area (Å²) in [6.07, 6.45) is 3.11. The van der Waals surface area contributed by atoms with E-state index in [1.807, 2.05) is 12.1 Å². The second-order valence-electron chi connectivity index (χ2n) is 7.53. The summed E-state index contributed by atoms with van der Waals surface area (Å²) in [4.78, 5) is 39.2. The predicted octanol–water partition coefficient (Wildman–Crippen LogP) is 3.04. The van der Waals surface area contributed by atoms with Crippen LogP contribution >= 0.6 is 0 Å². The Morgan fingerprint density at radius 1 is 1.19 bits per heavy atom. The Hall–Kier alpha value is -2.89. The molecule has 6 nitrogen and oxygen atoms in total. The molecule has 2 aromatic rings. The summed E-state index contributed by atoms with van der Waals surface area (Å²) in [5.41, 5.74) is 2.40. The topological polar surface area (TPSA) is 79.6 Å². The molecule has 0 radical (unpaired) electrons. The first-order valence-corrected chi connectivity index (χ1v) is 9.16. The maximum atomic E-state index is 13.0. The molecule has 1 aliphatic carbocycles. The normalized spacial score (nSPS) is 21.5. The van der Waals surface area contributed by atoms with Crippen molar-refractivity contribution in [3.05, 3.63) is 58.0 Å². The highest BCUT2D eigenvalue weighted by Crippen LogP contribution is 2.33. The van der Waals surface area contributed by atoms with Crippen LogP contribution in [-0.2, 0) is 23.2 Å². The quantitative estimate of drug-likeness (QED) is 0.666. The van der Waals surface area contributed by atoms with Crippen LogP contribution in [0.4, 0.5) is 4.79 Å². The van der Waals surface area contributed by atoms with Crippen LogP contribution in [0.15, 0.2) is 28.7 Å². The van der Waals surface area contributed by atoms with Crippen molar-refractivity contribution in [2.45, 2.75) is 45.6 Å². The molecule has 2 heterocycles. The number of hydrogen-bond acceptors (Lipinski definition) is 4. The molecule has 1 N–H and O–H groups in total. The van der Waals surface area contributed by atoms with Gasteiger partial charge in [-0.25, -0.2) is 4.79 Å². The number of carbonyl (C=O) groups excluding carboxylic acids is 3. The van der Waals surface area contributed by atoms with Crippen molar-refractivity contribution in [3.63, 3.8) is 0 Å². The molecule has 2 aliphatic rings. The van der Waals surface area contributed by atoms with Gasteiger partial charge >= 0.3 is 6.03 Å². The fraction of sp³-hybridized carbons (Fsp3) is 0.381. The molecule has 27 heavy (non-hydrogen) atoms. The third-order valence-corrected chi connectivity index (χ3v) is 5.58. The van der Waals surface area contributed by atoms with E-state index in [0.717, 1.165) is 24.2 Å². The molecule has 1 aliphatic heterocycles. The van der Waals surface area contributed by atoms with Crippen molar-refractivity contribution in [2.24, 2.45) is 0 Å². The van der Waals surface area contributed by atoms with E-state index < -0.39 is 17.5 Å². The van der Waals surface area contributed by atoms with Gasteiger partial charge in [0.15, 0.2) is 5.78 Å². The molecule has 1 aromatic heterocycles. The van der Waals surface area contributed by atoms with Crippen LogP contribution in [-0.4, -0.2) is 29.2 Å². The van der Waals surface area contributed by atoms with Crippen LogP contribution in [0.1, 0.15) is 51.9 Å². The Kier molecular flexibility index (Phi) is 3.94. The number of benzene rings is 1. The number of urea groups is 1. The minimum Gasteiger partial charge on any atom is -0.466 e. The number of aryl methyl sites for hydroxylation is 4. The first-order valence-electron chi connectivity index (χ1n) is 9.16. The number of furan rings is 1. The zero-order valence-corrected chi connectivity index (χ0v) is 15.7. The van der Waals surface area contributed by atoms with Crippen molar-refractivity contribution in [1.82, 2.24) is 10.2 Å². The molecule has 3 amide bonds. The molecule has 4 rings (SSSR count). The van der Waals surface area contributed by atoms with Crippen LogP contribution < -0.4 is 5.32 Å². The highest BCUT2D eigenvalue weighted by atomic mass is 16.3. The highest BCUT2D eigenvalue weighted by molar-refractivity contribution is 6.11. The summed E-state index contributed by atoms with van der Waals surface area (Å²) in [6.45, 7) is 4.92. The van der Waals surface area contributed by atoms with E-state index in [1.165, 1.54) is 11.1 Å². The van der Waals surface area contributed by atoms with Gasteiger partial charge < -0.3 is 9.73 Å². The lowest BCUT2D eigenvalue weighted by Crippen LogP contribution is -2.41. The van der Waals surface area contributed by atoms with E-state index in [2.05, 4.69) is 5.32 Å². The lowest BCUT2D eigenvalue weighted by atomic mass is 9.92. The van der Waals surface area contributed by atoms with E-state index in [0.29, 0.717) is 22.6 Å². The summed E-state index contributed by atoms with van der Waals surface area (Å²) < 4.78 is 5.51. The fourth-order valence-electron chi connectivity index (χ4n) is 4.13. The summed E-state index contributed by atoms with van der Waals surface area (Å²) in [5.74, 6) is 0.567. The molecule has 0 bridgehead atoms. The van der Waals surface area contributed by atoms with Crippen LogP contribution in [0.2, 0.25) is 0 Å². The molecule has 140 valence electrons. The molecule has 6 heteroatoms. The van der Waals surface area contributed by atoms with Crippen molar-refractivity contribution >= 4 is 17.7 Å². The van der Waals surface area contributed by atoms with E-state index in [1.54, 1.807) is 32.9 Å². The molecule has 0 spiro atoms. The minimum atomic E-state index is -1.23. The zero-order chi connectivity index (χ0) is 19.3. The van der Waals surface area contributed by atoms with E-state index in [9.17, 15) is 14.4 Å². The Morgan fingerprint density at radius 3 is 2.63 bits per heavy atom. The molecule has 1 aromatic carbocycles. The van der Waals surface area contributed by atoms with Gasteiger partial charge in [-0.15, -0.1) is 0 Å². The van der Waals surface area contributed by atoms with Gasteiger partial charge in [0.2, 0.25) is 0 Å². The lowest BCUT2D eigenvalue weighted by molar-refractivity contribution is -0.130. The SMILES string of the molecule is Cc1cc(C2(C)NC(=O)N(CC(=O)c3ccc4c(c3)CCC4)C2=O)c(C)o1. The number of amides is 3. The maximum absolute atomic E-state index is 13.0. The standard InChI is InChI=1S/C21H22N2O4/c1-12-9-17(13(2)27-12)21(3)19(25)23(20(26)22-21)11-18(24)16-8-7-14-5-4-6-15(14)10-16/h7-10H,4-6,11H2,1-3H3,(H,22,26). The summed E-state index contributed by atoms with van der Waals surface area (Å²) in [5, 5.41) is 2.72. The van der Waals surface area contributed by atoms with Crippen LogP contribution in [0.3, 0.4) is 0 Å². The molecule has 1 fully saturated rings. The summed E-state index contributed by atoms with van der Waals surface area (Å²) in [6, 6.07) is 6.84. The van der Waals surface area contributed by atoms with Crippen molar-refractivity contribution in [3.8, 4) is 0 Å². The number of rotatable bonds is 4. The van der Waals surface area contributed by atoms with E-state index >= 15 is 0 Å². The van der Waals surface area contributed by atoms with E-state index in [4.69, 9.17) is 4.42 Å². The van der Waals surface area contributed by atoms with Crippen LogP contribution in [0.5, 0.6) is 0 Å². The number of Topliss-reactive ketones (excluding diaryl/α,β-unsaturated/α-hetero) is 1. The van der Waals surface area contributed by atoms with Crippen molar-refractivity contribution in [2.75, 3.05) is 6.54 Å². The van der Waals surface area contributed by atoms with Crippen LogP contribution in [0.25, 0.3) is 0 Å². The Balaban J connectivity index is 1.57. The smallest absolute Gasteiger partial charge is 0.325 e. The second kappa shape index (κ2) is 6.08. The van der Waals surface area contributed by atoms with Gasteiger partial charge in [0.1, 0.15) is 17.1 Å². The fourth-order valence-corrected chi connectivity index (χ4v) is 4.13. The second-order valence-corrected chi connectivity index (χ2v) is 7.53. The minimum absolute atomic E-state index is 0.238. The average Bonchev–Trinajstić information content (AvgIpc) is 3.28. The van der Waals surface area contributed by atoms with Crippen LogP contribution in [0, 0.1) is 13.8 Å². The monoisotopic (exact) mass is 366 g/mol. The molecule has 1 unspecified atom stereocenters. The largest absolute Gasteiger partial charge is 0.466 e. The van der Waals surface area contributed by atoms with Gasteiger partial charge in [0.25, 0.3) is 5.91 Å². The van der Waals surface area contributed by atoms with Crippen molar-refractivity contribution < 1.29 is 18.8 Å². The Labute approximate surface area is 157 Å². The van der Waals surface area contributed by atoms with Gasteiger partial charge in [-0.05, 0) is 63.3 Å². The third-order valence-electron chi connectivity index (χ3n) is 5.58. The van der Waals surface area contributed by atoms with E-state index in [-0.39, 0.29) is 12.3 Å². The number of nitrogens with one attached hydrogen (secondary N) is 1. The zero-order valence-electron chi connectivity index (χ0n) is 15.7. The molecule has 0 saturated carbocycles. The number of nitrogens with zero attached hydrogens (tertiary/aromatic N) is 1. The van der Waals surface area contributed by atoms with Gasteiger partial charge in [0.05, 0.1) is 6.54 Å². The summed E-state index contributed by atoms with van der Waals surface area (Å²) >= 11 is 0. The summed E-state index contributed by atoms with van der Waals surface area (Å²) in [7, 11) is 0. The first kappa shape index (κ1) is 17.5. The number of imide groups is 1. The van der Waals surface area contributed by atoms with Crippen molar-refractivity contribution in [1.29, 1.82) is 0 Å². The number of ketones is 1. The first-order chi connectivity index (χ1) is 12.8. The molecule has 1 saturated heterocycles. The van der Waals surface area contributed by atoms with Gasteiger partial charge in [-0.1, -0.05) is 12.1 Å². The number of fused-ring (bicyclic) bond motifs is 1. The number of hydrogen-bond donors (Lipinski definition) is 1. The average molecular weight is 366 g/mol. The highest BCUT2D eigenvalue weighted by Gasteiger charge is 2.51. The Morgan fingerprint density at radius 2 is 1.93 bits per heavy atom. The lowest BCUT2D eigenvalue weighted by Gasteiger charge is -2.21. The third kappa shape index (κ3) is 2.76.